The van der Waals surface area contributed by atoms with Crippen LogP contribution in [0.3, 0.4) is 0 Å². The van der Waals surface area contributed by atoms with Crippen LogP contribution in [0.1, 0.15) is 45.4 Å². The number of hydrogen-bond donors (Lipinski definition) is 0. The second kappa shape index (κ2) is 9.28. The number of nitriles is 1. The molecule has 0 amide bonds. The highest BCUT2D eigenvalue weighted by Crippen LogP contribution is 2.36. The third-order valence-corrected chi connectivity index (χ3v) is 7.22. The molecule has 1 saturated heterocycles. The fourth-order valence-corrected chi connectivity index (χ4v) is 5.29. The van der Waals surface area contributed by atoms with E-state index >= 15 is 0 Å². The van der Waals surface area contributed by atoms with Gasteiger partial charge in [0.25, 0.3) is 0 Å². The topological polar surface area (TPSA) is 79.9 Å². The van der Waals surface area contributed by atoms with Crippen LogP contribution in [0, 0.1) is 23.2 Å². The van der Waals surface area contributed by atoms with Crippen molar-refractivity contribution in [2.24, 2.45) is 11.8 Å². The zero-order chi connectivity index (χ0) is 22.9. The van der Waals surface area contributed by atoms with Crippen LogP contribution >= 0.6 is 11.6 Å². The van der Waals surface area contributed by atoms with E-state index in [4.69, 9.17) is 21.3 Å². The second-order valence-corrected chi connectivity index (χ2v) is 9.89. The average molecular weight is 465 g/mol. The van der Waals surface area contributed by atoms with Crippen molar-refractivity contribution in [2.45, 2.75) is 52.1 Å². The van der Waals surface area contributed by atoms with Gasteiger partial charge in [0.2, 0.25) is 11.8 Å². The minimum atomic E-state index is 0.121. The molecule has 3 aromatic rings. The molecule has 0 radical (unpaired) electrons. The van der Waals surface area contributed by atoms with Crippen molar-refractivity contribution in [2.75, 3.05) is 24.7 Å². The summed E-state index contributed by atoms with van der Waals surface area (Å²) in [5.74, 6) is 2.39. The van der Waals surface area contributed by atoms with Gasteiger partial charge >= 0.3 is 0 Å². The van der Waals surface area contributed by atoms with E-state index in [1.54, 1.807) is 0 Å². The van der Waals surface area contributed by atoms with Crippen LogP contribution in [0.15, 0.2) is 24.3 Å². The summed E-state index contributed by atoms with van der Waals surface area (Å²) in [6.07, 6.45) is 4.94. The van der Waals surface area contributed by atoms with E-state index < -0.39 is 0 Å². The highest BCUT2D eigenvalue weighted by atomic mass is 35.5. The van der Waals surface area contributed by atoms with Crippen LogP contribution in [0.5, 0.6) is 0 Å². The minimum Gasteiger partial charge on any atom is -0.377 e. The maximum atomic E-state index is 9.61. The number of fused-ring (bicyclic) bond motifs is 1. The molecular weight excluding hydrogens is 436 g/mol. The van der Waals surface area contributed by atoms with Gasteiger partial charge in [-0.2, -0.15) is 15.2 Å². The van der Waals surface area contributed by atoms with Crippen molar-refractivity contribution in [1.82, 2.24) is 19.5 Å². The van der Waals surface area contributed by atoms with Gasteiger partial charge in [-0.15, -0.1) is 0 Å². The Morgan fingerprint density at radius 3 is 2.70 bits per heavy atom. The van der Waals surface area contributed by atoms with Gasteiger partial charge in [0.05, 0.1) is 19.3 Å². The molecule has 1 aromatic carbocycles. The minimum absolute atomic E-state index is 0.121. The average Bonchev–Trinajstić information content (AvgIpc) is 3.18. The molecule has 7 nitrogen and oxygen atoms in total. The number of imidazole rings is 1. The molecular formula is C25H29ClN6O. The first-order valence-electron chi connectivity index (χ1n) is 11.8. The summed E-state index contributed by atoms with van der Waals surface area (Å²) in [4.78, 5) is 16.4. The lowest BCUT2D eigenvalue weighted by Gasteiger charge is -2.35. The molecule has 2 aliphatic rings. The lowest BCUT2D eigenvalue weighted by Crippen LogP contribution is -2.45. The van der Waals surface area contributed by atoms with E-state index in [0.29, 0.717) is 35.5 Å². The van der Waals surface area contributed by atoms with E-state index in [0.717, 1.165) is 36.0 Å². The Kier molecular flexibility index (Phi) is 6.22. The summed E-state index contributed by atoms with van der Waals surface area (Å²) in [7, 11) is 0. The smallest absolute Gasteiger partial charge is 0.234 e. The van der Waals surface area contributed by atoms with E-state index in [-0.39, 0.29) is 11.9 Å². The molecule has 0 N–H and O–H groups in total. The van der Waals surface area contributed by atoms with Gasteiger partial charge in [0.15, 0.2) is 5.65 Å². The van der Waals surface area contributed by atoms with E-state index in [1.807, 2.05) is 24.3 Å². The predicted molar refractivity (Wildman–Crippen MR) is 129 cm³/mol. The third kappa shape index (κ3) is 4.42. The van der Waals surface area contributed by atoms with Crippen LogP contribution in [0.2, 0.25) is 5.02 Å². The number of aromatic nitrogens is 4. The Morgan fingerprint density at radius 2 is 1.97 bits per heavy atom. The van der Waals surface area contributed by atoms with Crippen LogP contribution in [-0.4, -0.2) is 45.3 Å². The summed E-state index contributed by atoms with van der Waals surface area (Å²) in [5, 5.41) is 10.2. The van der Waals surface area contributed by atoms with E-state index in [1.165, 1.54) is 25.7 Å². The summed E-state index contributed by atoms with van der Waals surface area (Å²) in [6.45, 7) is 7.49. The molecule has 2 fully saturated rings. The number of ether oxygens (including phenoxy) is 1. The summed E-state index contributed by atoms with van der Waals surface area (Å²) in [5.41, 5.74) is 3.02. The summed E-state index contributed by atoms with van der Waals surface area (Å²) < 4.78 is 7.99. The normalized spacial score (nSPS) is 23.6. The van der Waals surface area contributed by atoms with Gasteiger partial charge in [-0.25, -0.2) is 4.98 Å². The Labute approximate surface area is 199 Å². The number of anilines is 1. The molecule has 172 valence electrons. The number of rotatable bonds is 4. The molecule has 8 heteroatoms. The largest absolute Gasteiger partial charge is 0.377 e. The maximum absolute atomic E-state index is 9.61. The van der Waals surface area contributed by atoms with Crippen molar-refractivity contribution in [1.29, 1.82) is 5.26 Å². The molecule has 1 atom stereocenters. The van der Waals surface area contributed by atoms with Gasteiger partial charge in [-0.05, 0) is 43.7 Å². The van der Waals surface area contributed by atoms with Crippen LogP contribution in [0.25, 0.3) is 22.4 Å². The first-order valence-corrected chi connectivity index (χ1v) is 12.2. The Hall–Kier alpha value is -2.69. The molecule has 0 bridgehead atoms. The van der Waals surface area contributed by atoms with Gasteiger partial charge in [-0.3, -0.25) is 0 Å². The lowest BCUT2D eigenvalue weighted by molar-refractivity contribution is 0.0976. The molecule has 3 heterocycles. The first kappa shape index (κ1) is 22.1. The highest BCUT2D eigenvalue weighted by Gasteiger charge is 2.29. The van der Waals surface area contributed by atoms with Crippen molar-refractivity contribution in [3.8, 4) is 17.3 Å². The van der Waals surface area contributed by atoms with Crippen molar-refractivity contribution in [3.63, 3.8) is 0 Å². The fraction of sp³-hybridized carbons (Fsp3) is 0.520. The lowest BCUT2D eigenvalue weighted by atomic mass is 9.83. The molecule has 1 aliphatic heterocycles. The van der Waals surface area contributed by atoms with Crippen molar-refractivity contribution < 1.29 is 4.74 Å². The van der Waals surface area contributed by atoms with Gasteiger partial charge in [0, 0.05) is 23.7 Å². The van der Waals surface area contributed by atoms with Gasteiger partial charge in [0.1, 0.15) is 17.3 Å². The molecule has 5 rings (SSSR count). The molecule has 0 spiro atoms. The molecule has 33 heavy (non-hydrogen) atoms. The number of benzene rings is 1. The Balaban J connectivity index is 1.70. The highest BCUT2D eigenvalue weighted by molar-refractivity contribution is 6.30. The quantitative estimate of drug-likeness (QED) is 0.536. The monoisotopic (exact) mass is 464 g/mol. The number of hydrogen-bond acceptors (Lipinski definition) is 6. The van der Waals surface area contributed by atoms with Crippen molar-refractivity contribution in [3.05, 3.63) is 35.1 Å². The fourth-order valence-electron chi connectivity index (χ4n) is 5.10. The predicted octanol–water partition coefficient (Wildman–Crippen LogP) is 5.07. The van der Waals surface area contributed by atoms with E-state index in [2.05, 4.69) is 39.4 Å². The van der Waals surface area contributed by atoms with Crippen LogP contribution in [-0.2, 0) is 11.3 Å². The first-order chi connectivity index (χ1) is 16.0. The summed E-state index contributed by atoms with van der Waals surface area (Å²) in [6, 6.07) is 9.94. The number of halogens is 1. The zero-order valence-corrected chi connectivity index (χ0v) is 19.9. The second-order valence-electron chi connectivity index (χ2n) is 9.46. The standard InChI is InChI=1S/C25H29ClN6O/c1-16-6-8-18(9-7-16)14-32-23-22(19-4-3-5-20(26)12-19)28-21(13-27)29-24(23)30-25(32)31-10-11-33-15-17(31)2/h3-5,12,16-18H,6-11,14-15H2,1-2H3/t16?,17-,18?/m0/s1. The molecule has 2 aromatic heterocycles. The molecule has 1 aliphatic carbocycles. The third-order valence-electron chi connectivity index (χ3n) is 6.98. The van der Waals surface area contributed by atoms with Crippen molar-refractivity contribution >= 4 is 28.7 Å². The number of nitrogens with zero attached hydrogens (tertiary/aromatic N) is 6. The summed E-state index contributed by atoms with van der Waals surface area (Å²) >= 11 is 6.32. The van der Waals surface area contributed by atoms with Gasteiger partial charge in [-0.1, -0.05) is 43.5 Å². The molecule has 1 saturated carbocycles. The van der Waals surface area contributed by atoms with Crippen LogP contribution < -0.4 is 4.90 Å². The van der Waals surface area contributed by atoms with Crippen LogP contribution in [0.4, 0.5) is 5.95 Å². The van der Waals surface area contributed by atoms with E-state index in [9.17, 15) is 5.26 Å². The maximum Gasteiger partial charge on any atom is 0.234 e. The SMILES string of the molecule is CC1CCC(Cn2c(N3CCOC[C@@H]3C)nc3nc(C#N)nc(-c4cccc(Cl)c4)c32)CC1. The molecule has 0 unspecified atom stereocenters. The Bertz CT molecular complexity index is 1190. The van der Waals surface area contributed by atoms with Gasteiger partial charge < -0.3 is 14.2 Å². The zero-order valence-electron chi connectivity index (χ0n) is 19.2. The Morgan fingerprint density at radius 1 is 1.15 bits per heavy atom. The number of morpholine rings is 1.